The van der Waals surface area contributed by atoms with Crippen molar-refractivity contribution in [2.75, 3.05) is 5.43 Å². The molecule has 0 aliphatic heterocycles. The Labute approximate surface area is 149 Å². The summed E-state index contributed by atoms with van der Waals surface area (Å²) in [6.45, 7) is 0.627. The summed E-state index contributed by atoms with van der Waals surface area (Å²) < 4.78 is 1.82. The third-order valence-electron chi connectivity index (χ3n) is 3.92. The molecule has 0 radical (unpaired) electrons. The molecule has 0 spiro atoms. The van der Waals surface area contributed by atoms with Crippen molar-refractivity contribution in [3.05, 3.63) is 78.2 Å². The molecule has 0 aliphatic rings. The maximum absolute atomic E-state index is 9.76. The standard InChI is InChI=1S/C19H16N6O/c26-17-9-5-4-8-15(17)10-22-24-18-16-11-23-25(19(16)21-13-20-18)12-14-6-2-1-3-7-14/h1-11,13,26H,12H2,(H,20,21,24)/b22-10+. The molecule has 7 nitrogen and oxygen atoms in total. The van der Waals surface area contributed by atoms with Crippen LogP contribution < -0.4 is 5.43 Å². The number of phenols is 1. The second-order valence-electron chi connectivity index (χ2n) is 5.68. The first-order valence-electron chi connectivity index (χ1n) is 8.09. The summed E-state index contributed by atoms with van der Waals surface area (Å²) in [4.78, 5) is 8.56. The van der Waals surface area contributed by atoms with Gasteiger partial charge in [-0.2, -0.15) is 10.2 Å². The summed E-state index contributed by atoms with van der Waals surface area (Å²) in [5.74, 6) is 0.725. The van der Waals surface area contributed by atoms with E-state index in [0.717, 1.165) is 16.6 Å². The number of fused-ring (bicyclic) bond motifs is 1. The Morgan fingerprint density at radius 1 is 1.04 bits per heavy atom. The first kappa shape index (κ1) is 15.8. The van der Waals surface area contributed by atoms with Crippen molar-refractivity contribution in [1.29, 1.82) is 0 Å². The number of phenolic OH excluding ortho intramolecular Hbond substituents is 1. The zero-order chi connectivity index (χ0) is 17.8. The number of hydrogen-bond donors (Lipinski definition) is 2. The summed E-state index contributed by atoms with van der Waals surface area (Å²) in [6, 6.07) is 17.0. The van der Waals surface area contributed by atoms with Gasteiger partial charge in [-0.1, -0.05) is 42.5 Å². The number of hydrogen-bond acceptors (Lipinski definition) is 6. The molecule has 0 saturated heterocycles. The largest absolute Gasteiger partial charge is 0.507 e. The molecular formula is C19H16N6O. The number of hydrazone groups is 1. The van der Waals surface area contributed by atoms with Gasteiger partial charge in [0.2, 0.25) is 0 Å². The Hall–Kier alpha value is -3.74. The number of anilines is 1. The molecule has 0 saturated carbocycles. The zero-order valence-electron chi connectivity index (χ0n) is 13.8. The molecule has 7 heteroatoms. The van der Waals surface area contributed by atoms with E-state index in [9.17, 15) is 5.11 Å². The first-order valence-corrected chi connectivity index (χ1v) is 8.09. The van der Waals surface area contributed by atoms with Crippen molar-refractivity contribution >= 4 is 23.1 Å². The minimum absolute atomic E-state index is 0.168. The van der Waals surface area contributed by atoms with Crippen molar-refractivity contribution in [3.8, 4) is 5.75 Å². The molecule has 0 bridgehead atoms. The van der Waals surface area contributed by atoms with Crippen LogP contribution in [-0.4, -0.2) is 31.1 Å². The number of nitrogens with zero attached hydrogens (tertiary/aromatic N) is 5. The minimum Gasteiger partial charge on any atom is -0.507 e. The number of rotatable bonds is 5. The Balaban J connectivity index is 1.58. The average Bonchev–Trinajstić information content (AvgIpc) is 3.08. The Morgan fingerprint density at radius 3 is 2.69 bits per heavy atom. The van der Waals surface area contributed by atoms with E-state index < -0.39 is 0 Å². The monoisotopic (exact) mass is 344 g/mol. The lowest BCUT2D eigenvalue weighted by Crippen LogP contribution is -2.03. The maximum Gasteiger partial charge on any atom is 0.163 e. The van der Waals surface area contributed by atoms with E-state index in [1.54, 1.807) is 24.4 Å². The van der Waals surface area contributed by atoms with Gasteiger partial charge in [0.25, 0.3) is 0 Å². The fourth-order valence-corrected chi connectivity index (χ4v) is 2.61. The van der Waals surface area contributed by atoms with Gasteiger partial charge in [-0.3, -0.25) is 5.43 Å². The summed E-state index contributed by atoms with van der Waals surface area (Å²) >= 11 is 0. The fraction of sp³-hybridized carbons (Fsp3) is 0.0526. The predicted octanol–water partition coefficient (Wildman–Crippen LogP) is 3.03. The Morgan fingerprint density at radius 2 is 1.85 bits per heavy atom. The van der Waals surface area contributed by atoms with Crippen LogP contribution in [0.4, 0.5) is 5.82 Å². The number of benzene rings is 2. The Kier molecular flexibility index (Phi) is 4.26. The second-order valence-corrected chi connectivity index (χ2v) is 5.68. The molecule has 0 aliphatic carbocycles. The molecule has 2 heterocycles. The van der Waals surface area contributed by atoms with Gasteiger partial charge in [0.1, 0.15) is 12.1 Å². The van der Waals surface area contributed by atoms with E-state index in [-0.39, 0.29) is 5.75 Å². The smallest absolute Gasteiger partial charge is 0.163 e. The van der Waals surface area contributed by atoms with Crippen LogP contribution in [-0.2, 0) is 6.54 Å². The molecule has 4 rings (SSSR count). The molecule has 2 aromatic carbocycles. The third kappa shape index (κ3) is 3.23. The normalized spacial score (nSPS) is 11.2. The molecular weight excluding hydrogens is 328 g/mol. The second kappa shape index (κ2) is 7.02. The average molecular weight is 344 g/mol. The zero-order valence-corrected chi connectivity index (χ0v) is 13.8. The molecule has 4 aromatic rings. The predicted molar refractivity (Wildman–Crippen MR) is 100 cm³/mol. The Bertz CT molecular complexity index is 1060. The lowest BCUT2D eigenvalue weighted by molar-refractivity contribution is 0.474. The van der Waals surface area contributed by atoms with Crippen LogP contribution in [0.3, 0.4) is 0 Å². The van der Waals surface area contributed by atoms with E-state index in [4.69, 9.17) is 0 Å². The number of nitrogens with one attached hydrogen (secondary N) is 1. The summed E-state index contributed by atoms with van der Waals surface area (Å²) in [5.41, 5.74) is 5.38. The van der Waals surface area contributed by atoms with Crippen LogP contribution in [0.25, 0.3) is 11.0 Å². The molecule has 2 aromatic heterocycles. The highest BCUT2D eigenvalue weighted by Crippen LogP contribution is 2.20. The maximum atomic E-state index is 9.76. The molecule has 2 N–H and O–H groups in total. The van der Waals surface area contributed by atoms with E-state index in [0.29, 0.717) is 17.9 Å². The lowest BCUT2D eigenvalue weighted by Gasteiger charge is -2.04. The topological polar surface area (TPSA) is 88.2 Å². The summed E-state index contributed by atoms with van der Waals surface area (Å²) in [5, 5.41) is 19.1. The fourth-order valence-electron chi connectivity index (χ4n) is 2.61. The van der Waals surface area contributed by atoms with Crippen LogP contribution in [0.15, 0.2) is 72.2 Å². The SMILES string of the molecule is Oc1ccccc1/C=N/Nc1ncnc2c1cnn2Cc1ccccc1. The number of aromatic nitrogens is 4. The van der Waals surface area contributed by atoms with E-state index in [2.05, 4.69) is 25.6 Å². The van der Waals surface area contributed by atoms with Gasteiger partial charge in [0.05, 0.1) is 24.3 Å². The van der Waals surface area contributed by atoms with Crippen molar-refractivity contribution in [2.24, 2.45) is 5.10 Å². The molecule has 0 amide bonds. The number of aromatic hydroxyl groups is 1. The highest BCUT2D eigenvalue weighted by Gasteiger charge is 2.09. The van der Waals surface area contributed by atoms with Crippen LogP contribution in [0.1, 0.15) is 11.1 Å². The summed E-state index contributed by atoms with van der Waals surface area (Å²) in [6.07, 6.45) is 4.73. The highest BCUT2D eigenvalue weighted by atomic mass is 16.3. The van der Waals surface area contributed by atoms with Gasteiger partial charge in [-0.05, 0) is 17.7 Å². The number of para-hydroxylation sites is 1. The lowest BCUT2D eigenvalue weighted by atomic mass is 10.2. The van der Waals surface area contributed by atoms with E-state index in [1.807, 2.05) is 41.1 Å². The van der Waals surface area contributed by atoms with Gasteiger partial charge < -0.3 is 5.11 Å². The molecule has 128 valence electrons. The molecule has 0 atom stereocenters. The van der Waals surface area contributed by atoms with Gasteiger partial charge in [0.15, 0.2) is 11.5 Å². The van der Waals surface area contributed by atoms with Crippen molar-refractivity contribution < 1.29 is 5.11 Å². The first-order chi connectivity index (χ1) is 12.8. The van der Waals surface area contributed by atoms with Gasteiger partial charge in [-0.15, -0.1) is 0 Å². The van der Waals surface area contributed by atoms with Crippen molar-refractivity contribution in [2.45, 2.75) is 6.54 Å². The molecule has 26 heavy (non-hydrogen) atoms. The highest BCUT2D eigenvalue weighted by molar-refractivity contribution is 5.88. The van der Waals surface area contributed by atoms with Gasteiger partial charge in [-0.25, -0.2) is 14.6 Å². The minimum atomic E-state index is 0.168. The quantitative estimate of drug-likeness (QED) is 0.429. The van der Waals surface area contributed by atoms with Crippen LogP contribution in [0.5, 0.6) is 5.75 Å². The van der Waals surface area contributed by atoms with E-state index >= 15 is 0 Å². The summed E-state index contributed by atoms with van der Waals surface area (Å²) in [7, 11) is 0. The van der Waals surface area contributed by atoms with Crippen molar-refractivity contribution in [3.63, 3.8) is 0 Å². The van der Waals surface area contributed by atoms with Crippen LogP contribution in [0, 0.1) is 0 Å². The third-order valence-corrected chi connectivity index (χ3v) is 3.92. The molecule has 0 fully saturated rings. The van der Waals surface area contributed by atoms with Gasteiger partial charge >= 0.3 is 0 Å². The van der Waals surface area contributed by atoms with Gasteiger partial charge in [0, 0.05) is 5.56 Å². The van der Waals surface area contributed by atoms with E-state index in [1.165, 1.54) is 12.5 Å². The molecule has 0 unspecified atom stereocenters. The van der Waals surface area contributed by atoms with Crippen LogP contribution in [0.2, 0.25) is 0 Å². The van der Waals surface area contributed by atoms with Crippen LogP contribution >= 0.6 is 0 Å². The van der Waals surface area contributed by atoms with Crippen molar-refractivity contribution in [1.82, 2.24) is 19.7 Å².